The molecule has 0 radical (unpaired) electrons. The van der Waals surface area contributed by atoms with Gasteiger partial charge in [-0.25, -0.2) is 4.79 Å². The van der Waals surface area contributed by atoms with E-state index in [9.17, 15) is 14.7 Å². The average molecular weight is 293 g/mol. The first-order valence-corrected chi connectivity index (χ1v) is 7.65. The second-order valence-corrected chi connectivity index (χ2v) is 5.81. The number of carboxylic acids is 1. The number of carbonyl (C=O) groups excluding carboxylic acids is 1. The Hall–Kier alpha value is -1.78. The fraction of sp³-hybridized carbons (Fsp3) is 0.625. The zero-order chi connectivity index (χ0) is 15.5. The third-order valence-corrected chi connectivity index (χ3v) is 4.53. The highest BCUT2D eigenvalue weighted by atomic mass is 16.4. The molecule has 0 unspecified atom stereocenters. The number of amides is 1. The monoisotopic (exact) mass is 293 g/mol. The van der Waals surface area contributed by atoms with E-state index in [1.54, 1.807) is 12.1 Å². The quantitative estimate of drug-likeness (QED) is 0.874. The van der Waals surface area contributed by atoms with Crippen LogP contribution in [0.15, 0.2) is 16.5 Å². The summed E-state index contributed by atoms with van der Waals surface area (Å²) in [6.07, 6.45) is 4.39. The molecule has 1 aliphatic rings. The standard InChI is InChI=1S/C16H23NO4/c1-3-11-7-9-16(10-8-11,15(19)20)17-14(18)13-6-5-12(4-2)21-13/h5-6,11H,3-4,7-10H2,1-2H3,(H,17,18)(H,19,20). The van der Waals surface area contributed by atoms with Crippen LogP contribution < -0.4 is 5.32 Å². The number of carbonyl (C=O) groups is 2. The van der Waals surface area contributed by atoms with Crippen LogP contribution in [0.1, 0.15) is 62.3 Å². The molecule has 116 valence electrons. The summed E-state index contributed by atoms with van der Waals surface area (Å²) >= 11 is 0. The first-order valence-electron chi connectivity index (χ1n) is 7.65. The molecule has 1 heterocycles. The number of furan rings is 1. The smallest absolute Gasteiger partial charge is 0.329 e. The van der Waals surface area contributed by atoms with Crippen molar-refractivity contribution in [3.8, 4) is 0 Å². The highest BCUT2D eigenvalue weighted by Gasteiger charge is 2.43. The SMILES string of the molecule is CCc1ccc(C(=O)NC2(C(=O)O)CCC(CC)CC2)o1. The minimum Gasteiger partial charge on any atom is -0.480 e. The number of nitrogens with one attached hydrogen (secondary N) is 1. The number of carboxylic acid groups (broad SMARTS) is 1. The predicted octanol–water partition coefficient (Wildman–Crippen LogP) is 3.00. The van der Waals surface area contributed by atoms with E-state index in [-0.39, 0.29) is 5.76 Å². The minimum atomic E-state index is -1.15. The molecular formula is C16H23NO4. The van der Waals surface area contributed by atoms with Crippen LogP contribution in [-0.4, -0.2) is 22.5 Å². The van der Waals surface area contributed by atoms with E-state index in [1.807, 2.05) is 6.92 Å². The van der Waals surface area contributed by atoms with Crippen molar-refractivity contribution >= 4 is 11.9 Å². The maximum Gasteiger partial charge on any atom is 0.329 e. The fourth-order valence-corrected chi connectivity index (χ4v) is 2.94. The van der Waals surface area contributed by atoms with Crippen LogP contribution in [0, 0.1) is 5.92 Å². The summed E-state index contributed by atoms with van der Waals surface area (Å²) in [6, 6.07) is 3.34. The lowest BCUT2D eigenvalue weighted by atomic mass is 9.75. The molecule has 1 aliphatic carbocycles. The molecule has 2 N–H and O–H groups in total. The summed E-state index contributed by atoms with van der Waals surface area (Å²) in [7, 11) is 0. The molecule has 0 aliphatic heterocycles. The Bertz CT molecular complexity index is 512. The van der Waals surface area contributed by atoms with E-state index in [4.69, 9.17) is 4.42 Å². The summed E-state index contributed by atoms with van der Waals surface area (Å²) in [6.45, 7) is 4.05. The Morgan fingerprint density at radius 3 is 2.48 bits per heavy atom. The molecule has 1 fully saturated rings. The normalized spacial score (nSPS) is 25.5. The first-order chi connectivity index (χ1) is 10.0. The van der Waals surface area contributed by atoms with Crippen molar-refractivity contribution in [1.29, 1.82) is 0 Å². The molecule has 0 aromatic carbocycles. The molecule has 21 heavy (non-hydrogen) atoms. The van der Waals surface area contributed by atoms with Crippen molar-refractivity contribution in [3.63, 3.8) is 0 Å². The molecule has 1 saturated carbocycles. The van der Waals surface area contributed by atoms with E-state index < -0.39 is 17.4 Å². The highest BCUT2D eigenvalue weighted by Crippen LogP contribution is 2.34. The first kappa shape index (κ1) is 15.6. The van der Waals surface area contributed by atoms with E-state index in [0.29, 0.717) is 25.2 Å². The second kappa shape index (κ2) is 6.33. The molecule has 1 amide bonds. The molecule has 0 bridgehead atoms. The van der Waals surface area contributed by atoms with Gasteiger partial charge in [-0.2, -0.15) is 0 Å². The maximum atomic E-state index is 12.2. The van der Waals surface area contributed by atoms with Crippen molar-refractivity contribution in [2.75, 3.05) is 0 Å². The summed E-state index contributed by atoms with van der Waals surface area (Å²) < 4.78 is 5.40. The topological polar surface area (TPSA) is 79.5 Å². The van der Waals surface area contributed by atoms with Crippen LogP contribution in [0.3, 0.4) is 0 Å². The van der Waals surface area contributed by atoms with Gasteiger partial charge in [0.15, 0.2) is 5.76 Å². The lowest BCUT2D eigenvalue weighted by Crippen LogP contribution is -2.56. The molecular weight excluding hydrogens is 270 g/mol. The van der Waals surface area contributed by atoms with Gasteiger partial charge in [0.05, 0.1) is 0 Å². The zero-order valence-electron chi connectivity index (χ0n) is 12.6. The fourth-order valence-electron chi connectivity index (χ4n) is 2.94. The van der Waals surface area contributed by atoms with E-state index >= 15 is 0 Å². The highest BCUT2D eigenvalue weighted by molar-refractivity contribution is 5.95. The second-order valence-electron chi connectivity index (χ2n) is 5.81. The number of rotatable bonds is 5. The van der Waals surface area contributed by atoms with Crippen LogP contribution in [0.5, 0.6) is 0 Å². The van der Waals surface area contributed by atoms with E-state index in [2.05, 4.69) is 12.2 Å². The van der Waals surface area contributed by atoms with Gasteiger partial charge in [-0.3, -0.25) is 4.79 Å². The Morgan fingerprint density at radius 2 is 2.00 bits per heavy atom. The molecule has 5 heteroatoms. The third-order valence-electron chi connectivity index (χ3n) is 4.53. The lowest BCUT2D eigenvalue weighted by molar-refractivity contribution is -0.146. The van der Waals surface area contributed by atoms with Gasteiger partial charge in [0.2, 0.25) is 0 Å². The third kappa shape index (κ3) is 3.28. The van der Waals surface area contributed by atoms with Gasteiger partial charge in [-0.05, 0) is 43.7 Å². The number of hydrogen-bond acceptors (Lipinski definition) is 3. The van der Waals surface area contributed by atoms with Gasteiger partial charge in [-0.1, -0.05) is 20.3 Å². The summed E-state index contributed by atoms with van der Waals surface area (Å²) in [5, 5.41) is 12.2. The van der Waals surface area contributed by atoms with Crippen molar-refractivity contribution in [2.24, 2.45) is 5.92 Å². The van der Waals surface area contributed by atoms with Crippen LogP contribution in [-0.2, 0) is 11.2 Å². The van der Waals surface area contributed by atoms with Crippen LogP contribution in [0.25, 0.3) is 0 Å². The maximum absolute atomic E-state index is 12.2. The Morgan fingerprint density at radius 1 is 1.33 bits per heavy atom. The molecule has 1 aromatic rings. The zero-order valence-corrected chi connectivity index (χ0v) is 12.6. The Balaban J connectivity index is 2.09. The van der Waals surface area contributed by atoms with Gasteiger partial charge in [0.25, 0.3) is 5.91 Å². The summed E-state index contributed by atoms with van der Waals surface area (Å²) in [5.41, 5.74) is -1.15. The number of aryl methyl sites for hydroxylation is 1. The molecule has 2 rings (SSSR count). The van der Waals surface area contributed by atoms with Crippen molar-refractivity contribution in [1.82, 2.24) is 5.32 Å². The van der Waals surface area contributed by atoms with Gasteiger partial charge < -0.3 is 14.8 Å². The van der Waals surface area contributed by atoms with Gasteiger partial charge in [0.1, 0.15) is 11.3 Å². The number of hydrogen-bond donors (Lipinski definition) is 2. The summed E-state index contributed by atoms with van der Waals surface area (Å²) in [4.78, 5) is 23.9. The Labute approximate surface area is 124 Å². The van der Waals surface area contributed by atoms with Gasteiger partial charge in [0, 0.05) is 6.42 Å². The minimum absolute atomic E-state index is 0.185. The summed E-state index contributed by atoms with van der Waals surface area (Å²) in [5.74, 6) is 0.0775. The van der Waals surface area contributed by atoms with Crippen molar-refractivity contribution < 1.29 is 19.1 Å². The average Bonchev–Trinajstić information content (AvgIpc) is 2.97. The van der Waals surface area contributed by atoms with Crippen molar-refractivity contribution in [3.05, 3.63) is 23.7 Å². The molecule has 5 nitrogen and oxygen atoms in total. The molecule has 0 spiro atoms. The lowest BCUT2D eigenvalue weighted by Gasteiger charge is -2.36. The van der Waals surface area contributed by atoms with Crippen molar-refractivity contribution in [2.45, 2.75) is 57.9 Å². The molecule has 0 atom stereocenters. The van der Waals surface area contributed by atoms with Crippen LogP contribution in [0.4, 0.5) is 0 Å². The largest absolute Gasteiger partial charge is 0.480 e. The predicted molar refractivity (Wildman–Crippen MR) is 78.2 cm³/mol. The van der Waals surface area contributed by atoms with Crippen LogP contribution in [0.2, 0.25) is 0 Å². The molecule has 0 saturated heterocycles. The van der Waals surface area contributed by atoms with E-state index in [1.165, 1.54) is 0 Å². The Kier molecular flexibility index (Phi) is 4.70. The molecule has 1 aromatic heterocycles. The van der Waals surface area contributed by atoms with Gasteiger partial charge in [-0.15, -0.1) is 0 Å². The van der Waals surface area contributed by atoms with Crippen LogP contribution >= 0.6 is 0 Å². The number of aliphatic carboxylic acids is 1. The van der Waals surface area contributed by atoms with E-state index in [0.717, 1.165) is 25.0 Å². The van der Waals surface area contributed by atoms with Gasteiger partial charge >= 0.3 is 5.97 Å².